The summed E-state index contributed by atoms with van der Waals surface area (Å²) >= 11 is 0. The van der Waals surface area contributed by atoms with E-state index in [1.165, 1.54) is 21.9 Å². The van der Waals surface area contributed by atoms with Gasteiger partial charge in [-0.3, -0.25) is 0 Å². The number of para-hydroxylation sites is 2. The van der Waals surface area contributed by atoms with Crippen molar-refractivity contribution in [1.29, 1.82) is 0 Å². The minimum absolute atomic E-state index is 0.692. The van der Waals surface area contributed by atoms with E-state index in [2.05, 4.69) is 152 Å². The topological polar surface area (TPSA) is 38.9 Å². The van der Waals surface area contributed by atoms with Crippen LogP contribution < -0.4 is 0 Å². The minimum Gasteiger partial charge on any atom is -0.455 e. The van der Waals surface area contributed by atoms with Gasteiger partial charge in [0.05, 0.1) is 11.4 Å². The van der Waals surface area contributed by atoms with Crippen LogP contribution in [-0.4, -0.2) is 9.97 Å². The van der Waals surface area contributed by atoms with Gasteiger partial charge in [-0.2, -0.15) is 0 Å². The van der Waals surface area contributed by atoms with Crippen LogP contribution in [-0.2, 0) is 0 Å². The molecule has 10 aromatic rings. The van der Waals surface area contributed by atoms with E-state index in [1.807, 2.05) is 30.3 Å². The van der Waals surface area contributed by atoms with Gasteiger partial charge in [0.15, 0.2) is 5.82 Å². The molecule has 3 nitrogen and oxygen atoms in total. The molecule has 0 amide bonds. The molecule has 51 heavy (non-hydrogen) atoms. The van der Waals surface area contributed by atoms with Crippen molar-refractivity contribution < 1.29 is 4.42 Å². The zero-order valence-corrected chi connectivity index (χ0v) is 27.6. The smallest absolute Gasteiger partial charge is 0.160 e. The summed E-state index contributed by atoms with van der Waals surface area (Å²) in [5, 5.41) is 6.85. The van der Waals surface area contributed by atoms with Gasteiger partial charge in [-0.1, -0.05) is 170 Å². The summed E-state index contributed by atoms with van der Waals surface area (Å²) in [6.45, 7) is 0. The van der Waals surface area contributed by atoms with Crippen molar-refractivity contribution in [3.63, 3.8) is 0 Å². The summed E-state index contributed by atoms with van der Waals surface area (Å²) in [6, 6.07) is 63.7. The molecule has 3 heteroatoms. The molecule has 0 unspecified atom stereocenters. The number of benzene rings is 8. The Bertz CT molecular complexity index is 2900. The highest BCUT2D eigenvalue weighted by molar-refractivity contribution is 6.14. The molecule has 238 valence electrons. The van der Waals surface area contributed by atoms with E-state index in [1.54, 1.807) is 0 Å². The Morgan fingerprint density at radius 3 is 1.67 bits per heavy atom. The molecule has 0 aliphatic carbocycles. The first kappa shape index (κ1) is 29.1. The average Bonchev–Trinajstić information content (AvgIpc) is 3.60. The first-order valence-electron chi connectivity index (χ1n) is 17.2. The van der Waals surface area contributed by atoms with Crippen LogP contribution in [0.5, 0.6) is 0 Å². The van der Waals surface area contributed by atoms with E-state index in [0.29, 0.717) is 5.82 Å². The molecule has 8 aromatic carbocycles. The number of aromatic nitrogens is 2. The predicted octanol–water partition coefficient (Wildman–Crippen LogP) is 13.0. The molecular weight excluding hydrogens is 621 g/mol. The highest BCUT2D eigenvalue weighted by atomic mass is 16.3. The van der Waals surface area contributed by atoms with Crippen LogP contribution in [0.2, 0.25) is 0 Å². The van der Waals surface area contributed by atoms with Gasteiger partial charge >= 0.3 is 0 Å². The highest BCUT2D eigenvalue weighted by Gasteiger charge is 2.19. The lowest BCUT2D eigenvalue weighted by Gasteiger charge is -2.16. The maximum Gasteiger partial charge on any atom is 0.160 e. The van der Waals surface area contributed by atoms with Gasteiger partial charge in [0.1, 0.15) is 11.2 Å². The monoisotopic (exact) mass is 650 g/mol. The van der Waals surface area contributed by atoms with Crippen molar-refractivity contribution in [3.8, 4) is 56.2 Å². The molecule has 10 rings (SSSR count). The fourth-order valence-corrected chi connectivity index (χ4v) is 7.57. The molecule has 0 spiro atoms. The second-order valence-electron chi connectivity index (χ2n) is 12.9. The molecule has 0 saturated carbocycles. The minimum atomic E-state index is 0.692. The number of rotatable bonds is 5. The van der Waals surface area contributed by atoms with E-state index in [9.17, 15) is 0 Å². The fourth-order valence-electron chi connectivity index (χ4n) is 7.57. The standard InChI is InChI=1S/C48H30N2O/c1-3-14-31(15-4-1)34-23-11-18-32-19-12-26-42(46(32)34)44-30-43(49-48(50-44)33-16-5-2-6-17-33)38-29-28-37(35-20-7-8-21-36(35)38)40-24-13-25-41-39-22-9-10-27-45(39)51-47(40)41/h1-30H. The molecule has 0 fully saturated rings. The zero-order valence-electron chi connectivity index (χ0n) is 27.6. The first-order valence-corrected chi connectivity index (χ1v) is 17.2. The van der Waals surface area contributed by atoms with Crippen LogP contribution in [0.4, 0.5) is 0 Å². The second-order valence-corrected chi connectivity index (χ2v) is 12.9. The lowest BCUT2D eigenvalue weighted by Crippen LogP contribution is -1.97. The molecule has 0 atom stereocenters. The van der Waals surface area contributed by atoms with Gasteiger partial charge in [0, 0.05) is 33.0 Å². The summed E-state index contributed by atoms with van der Waals surface area (Å²) in [7, 11) is 0. The lowest BCUT2D eigenvalue weighted by atomic mass is 9.91. The van der Waals surface area contributed by atoms with Gasteiger partial charge in [-0.15, -0.1) is 0 Å². The van der Waals surface area contributed by atoms with Crippen LogP contribution in [0, 0.1) is 0 Å². The average molecular weight is 651 g/mol. The summed E-state index contributed by atoms with van der Waals surface area (Å²) in [4.78, 5) is 10.5. The number of fused-ring (bicyclic) bond motifs is 5. The maximum absolute atomic E-state index is 6.49. The van der Waals surface area contributed by atoms with E-state index < -0.39 is 0 Å². The summed E-state index contributed by atoms with van der Waals surface area (Å²) in [5.41, 5.74) is 11.2. The van der Waals surface area contributed by atoms with Crippen LogP contribution >= 0.6 is 0 Å². The number of nitrogens with zero attached hydrogens (tertiary/aromatic N) is 2. The Labute approximate surface area is 295 Å². The van der Waals surface area contributed by atoms with Crippen molar-refractivity contribution in [2.45, 2.75) is 0 Å². The first-order chi connectivity index (χ1) is 25.3. The van der Waals surface area contributed by atoms with Crippen LogP contribution in [0.15, 0.2) is 186 Å². The lowest BCUT2D eigenvalue weighted by molar-refractivity contribution is 0.670. The van der Waals surface area contributed by atoms with E-state index in [0.717, 1.165) is 71.9 Å². The third-order valence-electron chi connectivity index (χ3n) is 9.92. The van der Waals surface area contributed by atoms with Crippen LogP contribution in [0.1, 0.15) is 0 Å². The Kier molecular flexibility index (Phi) is 6.81. The molecule has 0 aliphatic heterocycles. The predicted molar refractivity (Wildman–Crippen MR) is 212 cm³/mol. The normalized spacial score (nSPS) is 11.5. The molecule has 0 N–H and O–H groups in total. The van der Waals surface area contributed by atoms with Gasteiger partial charge in [0.25, 0.3) is 0 Å². The largest absolute Gasteiger partial charge is 0.455 e. The molecule has 2 heterocycles. The molecule has 0 saturated heterocycles. The summed E-state index contributed by atoms with van der Waals surface area (Å²) < 4.78 is 6.49. The SMILES string of the molecule is c1ccc(-c2nc(-c3ccc(-c4cccc5c4oc4ccccc45)c4ccccc34)cc(-c3cccc4cccc(-c5ccccc5)c34)n2)cc1. The van der Waals surface area contributed by atoms with Crippen LogP contribution in [0.25, 0.3) is 99.6 Å². The zero-order chi connectivity index (χ0) is 33.7. The fraction of sp³-hybridized carbons (Fsp3) is 0. The van der Waals surface area contributed by atoms with Gasteiger partial charge < -0.3 is 4.42 Å². The van der Waals surface area contributed by atoms with Crippen molar-refractivity contribution in [2.75, 3.05) is 0 Å². The van der Waals surface area contributed by atoms with Crippen molar-refractivity contribution in [1.82, 2.24) is 9.97 Å². The van der Waals surface area contributed by atoms with Gasteiger partial charge in [-0.25, -0.2) is 9.97 Å². The van der Waals surface area contributed by atoms with E-state index in [-0.39, 0.29) is 0 Å². The van der Waals surface area contributed by atoms with Gasteiger partial charge in [0.2, 0.25) is 0 Å². The van der Waals surface area contributed by atoms with Crippen LogP contribution in [0.3, 0.4) is 0 Å². The Morgan fingerprint density at radius 2 is 0.902 bits per heavy atom. The maximum atomic E-state index is 6.49. The van der Waals surface area contributed by atoms with Gasteiger partial charge in [-0.05, 0) is 50.4 Å². The number of hydrogen-bond donors (Lipinski definition) is 0. The Hall–Kier alpha value is -6.84. The molecule has 0 aliphatic rings. The quantitative estimate of drug-likeness (QED) is 0.186. The summed E-state index contributed by atoms with van der Waals surface area (Å²) in [6.07, 6.45) is 0. The third kappa shape index (κ3) is 4.90. The van der Waals surface area contributed by atoms with Crippen molar-refractivity contribution in [3.05, 3.63) is 182 Å². The molecule has 2 aromatic heterocycles. The molecule has 0 radical (unpaired) electrons. The molecular formula is C48H30N2O. The third-order valence-corrected chi connectivity index (χ3v) is 9.92. The Morgan fingerprint density at radius 1 is 0.353 bits per heavy atom. The second kappa shape index (κ2) is 11.9. The Balaban J connectivity index is 1.22. The molecule has 0 bridgehead atoms. The number of furan rings is 1. The number of hydrogen-bond acceptors (Lipinski definition) is 3. The summed E-state index contributed by atoms with van der Waals surface area (Å²) in [5.74, 6) is 0.692. The van der Waals surface area contributed by atoms with Crippen molar-refractivity contribution >= 4 is 43.5 Å². The van der Waals surface area contributed by atoms with E-state index >= 15 is 0 Å². The van der Waals surface area contributed by atoms with E-state index in [4.69, 9.17) is 14.4 Å². The van der Waals surface area contributed by atoms with Crippen molar-refractivity contribution in [2.24, 2.45) is 0 Å². The highest BCUT2D eigenvalue weighted by Crippen LogP contribution is 2.42.